The van der Waals surface area contributed by atoms with Crippen LogP contribution < -0.4 is 4.90 Å². The highest BCUT2D eigenvalue weighted by molar-refractivity contribution is 9.10. The molecule has 0 atom stereocenters. The number of hydrogen-bond acceptors (Lipinski definition) is 8. The quantitative estimate of drug-likeness (QED) is 0.355. The Balaban J connectivity index is 1.89. The van der Waals surface area contributed by atoms with Gasteiger partial charge >= 0.3 is 12.1 Å². The van der Waals surface area contributed by atoms with E-state index >= 15 is 0 Å². The molecule has 1 amide bonds. The number of hydrogen-bond donors (Lipinski definition) is 0. The molecule has 0 aromatic carbocycles. The van der Waals surface area contributed by atoms with Crippen molar-refractivity contribution in [2.24, 2.45) is 5.92 Å². The van der Waals surface area contributed by atoms with E-state index in [4.69, 9.17) is 9.47 Å². The number of amides is 1. The van der Waals surface area contributed by atoms with Crippen LogP contribution in [0.15, 0.2) is 17.1 Å². The lowest BCUT2D eigenvalue weighted by atomic mass is 9.85. The normalized spacial score (nSPS) is 18.7. The Bertz CT molecular complexity index is 763. The van der Waals surface area contributed by atoms with Crippen molar-refractivity contribution in [2.45, 2.75) is 58.1 Å². The van der Waals surface area contributed by atoms with Gasteiger partial charge in [-0.3, -0.25) is 9.69 Å². The van der Waals surface area contributed by atoms with Crippen molar-refractivity contribution in [3.8, 4) is 0 Å². The molecule has 33 heavy (non-hydrogen) atoms. The average Bonchev–Trinajstić information content (AvgIpc) is 2.76. The number of ether oxygens (including phenoxy) is 2. The van der Waals surface area contributed by atoms with Crippen LogP contribution in [0.2, 0.25) is 0 Å². The van der Waals surface area contributed by atoms with Crippen LogP contribution in [-0.2, 0) is 14.3 Å². The molecule has 1 aromatic heterocycles. The van der Waals surface area contributed by atoms with Crippen molar-refractivity contribution >= 4 is 33.7 Å². The molecule has 0 unspecified atom stereocenters. The summed E-state index contributed by atoms with van der Waals surface area (Å²) in [6.07, 6.45) is 7.44. The first kappa shape index (κ1) is 27.3. The second-order valence-corrected chi connectivity index (χ2v) is 10.4. The van der Waals surface area contributed by atoms with Gasteiger partial charge in [-0.15, -0.1) is 0 Å². The first-order valence-corrected chi connectivity index (χ1v) is 12.2. The topological polar surface area (TPSA) is 88.1 Å². The minimum atomic E-state index is -0.537. The zero-order chi connectivity index (χ0) is 24.6. The molecule has 0 N–H and O–H groups in total. The zero-order valence-corrected chi connectivity index (χ0v) is 22.3. The molecule has 1 saturated carbocycles. The smallest absolute Gasteiger partial charge is 0.410 e. The predicted octanol–water partition coefficient (Wildman–Crippen LogP) is 3.58. The van der Waals surface area contributed by atoms with Crippen LogP contribution in [0.4, 0.5) is 10.5 Å². The lowest BCUT2D eigenvalue weighted by Gasteiger charge is -2.38. The summed E-state index contributed by atoms with van der Waals surface area (Å²) < 4.78 is 10.9. The summed E-state index contributed by atoms with van der Waals surface area (Å²) >= 11 is 3.27. The molecule has 1 aliphatic rings. The maximum Gasteiger partial charge on any atom is 0.410 e. The summed E-state index contributed by atoms with van der Waals surface area (Å²) in [4.78, 5) is 38.6. The summed E-state index contributed by atoms with van der Waals surface area (Å²) in [6.45, 7) is 7.79. The number of nitrogens with zero attached hydrogens (tertiary/aromatic N) is 5. The zero-order valence-electron chi connectivity index (χ0n) is 20.7. The minimum Gasteiger partial charge on any atom is -0.468 e. The van der Waals surface area contributed by atoms with E-state index in [2.05, 4.69) is 42.7 Å². The van der Waals surface area contributed by atoms with Gasteiger partial charge in [-0.1, -0.05) is 0 Å². The van der Waals surface area contributed by atoms with Gasteiger partial charge in [0.1, 0.15) is 5.60 Å². The lowest BCUT2D eigenvalue weighted by molar-refractivity contribution is -0.142. The van der Waals surface area contributed by atoms with E-state index in [0.717, 1.165) is 37.9 Å². The van der Waals surface area contributed by atoms with Gasteiger partial charge in [-0.2, -0.15) is 0 Å². The highest BCUT2D eigenvalue weighted by atomic mass is 79.9. The van der Waals surface area contributed by atoms with Gasteiger partial charge in [-0.25, -0.2) is 14.8 Å². The fraction of sp³-hybridized carbons (Fsp3) is 0.739. The number of halogens is 1. The van der Waals surface area contributed by atoms with Crippen LogP contribution >= 0.6 is 15.9 Å². The molecule has 0 radical (unpaired) electrons. The Morgan fingerprint density at radius 2 is 1.70 bits per heavy atom. The Morgan fingerprint density at radius 3 is 2.24 bits per heavy atom. The van der Waals surface area contributed by atoms with Crippen LogP contribution in [0.5, 0.6) is 0 Å². The van der Waals surface area contributed by atoms with Gasteiger partial charge in [0.25, 0.3) is 0 Å². The first-order chi connectivity index (χ1) is 15.5. The first-order valence-electron chi connectivity index (χ1n) is 11.4. The molecule has 1 aromatic rings. The van der Waals surface area contributed by atoms with E-state index in [1.165, 1.54) is 7.11 Å². The molecular weight excluding hydrogens is 490 g/mol. The summed E-state index contributed by atoms with van der Waals surface area (Å²) in [5.74, 6) is 0.311. The number of rotatable bonds is 9. The molecule has 1 fully saturated rings. The van der Waals surface area contributed by atoms with Crippen molar-refractivity contribution in [1.82, 2.24) is 19.8 Å². The highest BCUT2D eigenvalue weighted by Crippen LogP contribution is 2.29. The SMILES string of the molecule is COC(=O)CN(CCN(C)C(=O)OC(C)(C)C)C1CCC(CN(C)c2cnc(Br)nc2)CC1. The predicted molar refractivity (Wildman–Crippen MR) is 131 cm³/mol. The summed E-state index contributed by atoms with van der Waals surface area (Å²) in [6, 6.07) is 0.286. The standard InChI is InChI=1S/C23H38BrN5O4/c1-23(2,3)33-22(31)27(4)11-12-29(16-20(30)32-6)18-9-7-17(8-10-18)15-28(5)19-13-25-21(24)26-14-19/h13-14,17-18H,7-12,15-16H2,1-6H3. The van der Waals surface area contributed by atoms with Crippen molar-refractivity contribution in [3.05, 3.63) is 17.1 Å². The molecule has 1 aliphatic carbocycles. The fourth-order valence-electron chi connectivity index (χ4n) is 4.02. The van der Waals surface area contributed by atoms with Gasteiger partial charge in [0.05, 0.1) is 31.7 Å². The average molecular weight is 528 g/mol. The molecular formula is C23H38BrN5O4. The molecule has 0 bridgehead atoms. The lowest BCUT2D eigenvalue weighted by Crippen LogP contribution is -2.46. The molecule has 0 spiro atoms. The third kappa shape index (κ3) is 9.44. The van der Waals surface area contributed by atoms with Crippen LogP contribution in [-0.4, -0.2) is 90.9 Å². The number of carbonyl (C=O) groups is 2. The van der Waals surface area contributed by atoms with Crippen molar-refractivity contribution < 1.29 is 19.1 Å². The van der Waals surface area contributed by atoms with Crippen molar-refractivity contribution in [3.63, 3.8) is 0 Å². The largest absolute Gasteiger partial charge is 0.468 e. The summed E-state index contributed by atoms with van der Waals surface area (Å²) in [5.41, 5.74) is 0.461. The Morgan fingerprint density at radius 1 is 1.09 bits per heavy atom. The van der Waals surface area contributed by atoms with E-state index in [-0.39, 0.29) is 24.6 Å². The van der Waals surface area contributed by atoms with Crippen LogP contribution in [0, 0.1) is 5.92 Å². The monoisotopic (exact) mass is 527 g/mol. The highest BCUT2D eigenvalue weighted by Gasteiger charge is 2.29. The summed E-state index contributed by atoms with van der Waals surface area (Å²) in [5, 5.41) is 0. The van der Waals surface area contributed by atoms with Gasteiger partial charge in [0.2, 0.25) is 0 Å². The molecule has 1 heterocycles. The third-order valence-electron chi connectivity index (χ3n) is 5.90. The van der Waals surface area contributed by atoms with Crippen LogP contribution in [0.25, 0.3) is 0 Å². The second kappa shape index (κ2) is 12.5. The number of carbonyl (C=O) groups excluding carboxylic acids is 2. The third-order valence-corrected chi connectivity index (χ3v) is 6.31. The van der Waals surface area contributed by atoms with E-state index in [1.54, 1.807) is 11.9 Å². The fourth-order valence-corrected chi connectivity index (χ4v) is 4.22. The van der Waals surface area contributed by atoms with Crippen LogP contribution in [0.1, 0.15) is 46.5 Å². The van der Waals surface area contributed by atoms with Gasteiger partial charge in [0, 0.05) is 39.8 Å². The number of esters is 1. The minimum absolute atomic E-state index is 0.226. The Hall–Kier alpha value is -1.94. The maximum atomic E-state index is 12.3. The van der Waals surface area contributed by atoms with Gasteiger partial charge in [-0.05, 0) is 68.3 Å². The number of anilines is 1. The Kier molecular flexibility index (Phi) is 10.3. The van der Waals surface area contributed by atoms with E-state index in [0.29, 0.717) is 23.7 Å². The van der Waals surface area contributed by atoms with Crippen molar-refractivity contribution in [2.75, 3.05) is 52.3 Å². The molecule has 9 nitrogen and oxygen atoms in total. The maximum absolute atomic E-state index is 12.3. The number of likely N-dealkylation sites (N-methyl/N-ethyl adjacent to an activating group) is 1. The number of aromatic nitrogens is 2. The number of methoxy groups -OCH3 is 1. The van der Waals surface area contributed by atoms with Gasteiger partial charge < -0.3 is 19.3 Å². The molecule has 0 aliphatic heterocycles. The van der Waals surface area contributed by atoms with E-state index in [9.17, 15) is 9.59 Å². The molecule has 10 heteroatoms. The Labute approximate surface area is 205 Å². The van der Waals surface area contributed by atoms with E-state index < -0.39 is 5.60 Å². The van der Waals surface area contributed by atoms with Crippen LogP contribution in [0.3, 0.4) is 0 Å². The van der Waals surface area contributed by atoms with Gasteiger partial charge in [0.15, 0.2) is 4.73 Å². The van der Waals surface area contributed by atoms with E-state index in [1.807, 2.05) is 33.2 Å². The molecule has 186 valence electrons. The molecule has 2 rings (SSSR count). The summed E-state index contributed by atoms with van der Waals surface area (Å²) in [7, 11) is 5.20. The van der Waals surface area contributed by atoms with Crippen molar-refractivity contribution in [1.29, 1.82) is 0 Å². The molecule has 0 saturated heterocycles. The second-order valence-electron chi connectivity index (χ2n) is 9.71.